The van der Waals surface area contributed by atoms with Crippen molar-refractivity contribution in [1.82, 2.24) is 25.0 Å². The Morgan fingerprint density at radius 3 is 2.94 bits per heavy atom. The van der Waals surface area contributed by atoms with Crippen molar-refractivity contribution >= 4 is 0 Å². The molecule has 3 heterocycles. The lowest BCUT2D eigenvalue weighted by molar-refractivity contribution is 0.163. The van der Waals surface area contributed by atoms with Gasteiger partial charge in [0.15, 0.2) is 0 Å². The first-order chi connectivity index (χ1) is 8.31. The first-order valence-electron chi connectivity index (χ1n) is 6.64. The molecule has 1 N–H and O–H groups in total. The van der Waals surface area contributed by atoms with Crippen molar-refractivity contribution in [2.75, 3.05) is 26.2 Å². The Morgan fingerprint density at radius 2 is 2.12 bits per heavy atom. The molecule has 94 valence electrons. The minimum absolute atomic E-state index is 0.867. The molecule has 0 atom stereocenters. The van der Waals surface area contributed by atoms with Crippen molar-refractivity contribution in [2.24, 2.45) is 5.92 Å². The number of fused-ring (bicyclic) bond motifs is 1. The summed E-state index contributed by atoms with van der Waals surface area (Å²) < 4.78 is 2.06. The van der Waals surface area contributed by atoms with Crippen LogP contribution in [0.25, 0.3) is 0 Å². The lowest BCUT2D eigenvalue weighted by atomic mass is 9.97. The van der Waals surface area contributed by atoms with Gasteiger partial charge in [-0.2, -0.15) is 5.10 Å². The lowest BCUT2D eigenvalue weighted by Crippen LogP contribution is -2.40. The fourth-order valence-corrected chi connectivity index (χ4v) is 2.90. The van der Waals surface area contributed by atoms with E-state index in [-0.39, 0.29) is 0 Å². The van der Waals surface area contributed by atoms with E-state index < -0.39 is 0 Å². The summed E-state index contributed by atoms with van der Waals surface area (Å²) in [5.74, 6) is 2.92. The van der Waals surface area contributed by atoms with Crippen molar-refractivity contribution in [3.63, 3.8) is 0 Å². The largest absolute Gasteiger partial charge is 0.317 e. The standard InChI is InChI=1S/C12H21N5/c1-10-14-12-9-16(6-7-17(12)15-10)8-11-2-4-13-5-3-11/h11,13H,2-9H2,1H3. The third-order valence-corrected chi connectivity index (χ3v) is 3.82. The summed E-state index contributed by atoms with van der Waals surface area (Å²) in [4.78, 5) is 7.03. The van der Waals surface area contributed by atoms with E-state index in [1.54, 1.807) is 0 Å². The molecule has 1 saturated heterocycles. The second-order valence-electron chi connectivity index (χ2n) is 5.23. The molecule has 5 heteroatoms. The molecule has 5 nitrogen and oxygen atoms in total. The van der Waals surface area contributed by atoms with Gasteiger partial charge in [0, 0.05) is 13.1 Å². The monoisotopic (exact) mass is 235 g/mol. The quantitative estimate of drug-likeness (QED) is 0.806. The maximum absolute atomic E-state index is 4.49. The highest BCUT2D eigenvalue weighted by atomic mass is 15.4. The third-order valence-electron chi connectivity index (χ3n) is 3.82. The van der Waals surface area contributed by atoms with Crippen LogP contribution in [0.5, 0.6) is 0 Å². The summed E-state index contributed by atoms with van der Waals surface area (Å²) in [7, 11) is 0. The molecule has 3 rings (SSSR count). The molecule has 0 aliphatic carbocycles. The van der Waals surface area contributed by atoms with Gasteiger partial charge in [-0.3, -0.25) is 4.90 Å². The highest BCUT2D eigenvalue weighted by molar-refractivity contribution is 4.94. The molecule has 1 aromatic rings. The fourth-order valence-electron chi connectivity index (χ4n) is 2.90. The Morgan fingerprint density at radius 1 is 1.29 bits per heavy atom. The Kier molecular flexibility index (Phi) is 3.11. The smallest absolute Gasteiger partial charge is 0.147 e. The number of rotatable bonds is 2. The molecule has 2 aliphatic rings. The van der Waals surface area contributed by atoms with Gasteiger partial charge in [0.25, 0.3) is 0 Å². The highest BCUT2D eigenvalue weighted by Crippen LogP contribution is 2.17. The zero-order valence-electron chi connectivity index (χ0n) is 10.5. The van der Waals surface area contributed by atoms with Crippen LogP contribution in [0.3, 0.4) is 0 Å². The van der Waals surface area contributed by atoms with Crippen molar-refractivity contribution in [3.05, 3.63) is 11.6 Å². The van der Waals surface area contributed by atoms with Gasteiger partial charge in [-0.1, -0.05) is 0 Å². The predicted molar refractivity (Wildman–Crippen MR) is 65.6 cm³/mol. The molecule has 0 bridgehead atoms. The van der Waals surface area contributed by atoms with E-state index in [4.69, 9.17) is 0 Å². The normalized spacial score (nSPS) is 22.6. The second-order valence-corrected chi connectivity index (χ2v) is 5.23. The van der Waals surface area contributed by atoms with Crippen LogP contribution < -0.4 is 5.32 Å². The topological polar surface area (TPSA) is 46.0 Å². The zero-order valence-corrected chi connectivity index (χ0v) is 10.5. The first kappa shape index (κ1) is 11.2. The number of nitrogens with zero attached hydrogens (tertiary/aromatic N) is 4. The average Bonchev–Trinajstić information content (AvgIpc) is 2.70. The first-order valence-corrected chi connectivity index (χ1v) is 6.64. The van der Waals surface area contributed by atoms with E-state index in [9.17, 15) is 0 Å². The predicted octanol–water partition coefficient (Wildman–Crippen LogP) is 0.402. The van der Waals surface area contributed by atoms with E-state index in [1.165, 1.54) is 32.5 Å². The van der Waals surface area contributed by atoms with E-state index in [0.29, 0.717) is 0 Å². The van der Waals surface area contributed by atoms with Crippen LogP contribution in [0.2, 0.25) is 0 Å². The molecule has 1 fully saturated rings. The molecular weight excluding hydrogens is 214 g/mol. The van der Waals surface area contributed by atoms with Gasteiger partial charge in [-0.05, 0) is 38.8 Å². The molecule has 0 aromatic carbocycles. The Labute approximate surface area is 102 Å². The summed E-state index contributed by atoms with van der Waals surface area (Å²) in [5.41, 5.74) is 0. The van der Waals surface area contributed by atoms with E-state index in [2.05, 4.69) is 25.0 Å². The number of hydrogen-bond donors (Lipinski definition) is 1. The van der Waals surface area contributed by atoms with Gasteiger partial charge in [0.1, 0.15) is 11.6 Å². The summed E-state index contributed by atoms with van der Waals surface area (Å²) in [6.07, 6.45) is 2.64. The van der Waals surface area contributed by atoms with Crippen LogP contribution in [0.15, 0.2) is 0 Å². The fraction of sp³-hybridized carbons (Fsp3) is 0.833. The molecule has 0 unspecified atom stereocenters. The molecule has 17 heavy (non-hydrogen) atoms. The van der Waals surface area contributed by atoms with Crippen molar-refractivity contribution in [3.8, 4) is 0 Å². The van der Waals surface area contributed by atoms with Crippen LogP contribution in [0.1, 0.15) is 24.5 Å². The van der Waals surface area contributed by atoms with Gasteiger partial charge < -0.3 is 5.32 Å². The van der Waals surface area contributed by atoms with Crippen LogP contribution in [0, 0.1) is 12.8 Å². The maximum atomic E-state index is 4.49. The van der Waals surface area contributed by atoms with Crippen LogP contribution >= 0.6 is 0 Å². The number of hydrogen-bond acceptors (Lipinski definition) is 4. The van der Waals surface area contributed by atoms with Gasteiger partial charge in [0.05, 0.1) is 13.1 Å². The Hall–Kier alpha value is -0.940. The zero-order chi connectivity index (χ0) is 11.7. The summed E-state index contributed by atoms with van der Waals surface area (Å²) >= 11 is 0. The van der Waals surface area contributed by atoms with Gasteiger partial charge >= 0.3 is 0 Å². The van der Waals surface area contributed by atoms with E-state index >= 15 is 0 Å². The SMILES string of the molecule is Cc1nc2n(n1)CCN(CC1CCNCC1)C2. The number of aryl methyl sites for hydroxylation is 1. The van der Waals surface area contributed by atoms with Crippen molar-refractivity contribution in [2.45, 2.75) is 32.9 Å². The minimum atomic E-state index is 0.867. The molecule has 2 aliphatic heterocycles. The lowest BCUT2D eigenvalue weighted by Gasteiger charge is -2.32. The van der Waals surface area contributed by atoms with Crippen LogP contribution in [-0.4, -0.2) is 45.8 Å². The Balaban J connectivity index is 1.59. The average molecular weight is 235 g/mol. The molecule has 0 radical (unpaired) electrons. The van der Waals surface area contributed by atoms with Crippen LogP contribution in [0.4, 0.5) is 0 Å². The third kappa shape index (κ3) is 2.50. The summed E-state index contributed by atoms with van der Waals surface area (Å²) in [6, 6.07) is 0. The van der Waals surface area contributed by atoms with Gasteiger partial charge in [0.2, 0.25) is 0 Å². The van der Waals surface area contributed by atoms with E-state index in [0.717, 1.165) is 37.2 Å². The second kappa shape index (κ2) is 4.74. The van der Waals surface area contributed by atoms with Gasteiger partial charge in [-0.25, -0.2) is 9.67 Å². The van der Waals surface area contributed by atoms with Crippen molar-refractivity contribution < 1.29 is 0 Å². The molecule has 0 spiro atoms. The van der Waals surface area contributed by atoms with Crippen LogP contribution in [-0.2, 0) is 13.1 Å². The summed E-state index contributed by atoms with van der Waals surface area (Å²) in [6.45, 7) is 8.68. The number of nitrogens with one attached hydrogen (secondary N) is 1. The van der Waals surface area contributed by atoms with Crippen molar-refractivity contribution in [1.29, 1.82) is 0 Å². The number of piperidine rings is 1. The minimum Gasteiger partial charge on any atom is -0.317 e. The maximum Gasteiger partial charge on any atom is 0.147 e. The molecule has 0 amide bonds. The summed E-state index contributed by atoms with van der Waals surface area (Å²) in [5, 5.41) is 7.83. The Bertz CT molecular complexity index is 380. The number of aromatic nitrogens is 3. The van der Waals surface area contributed by atoms with Gasteiger partial charge in [-0.15, -0.1) is 0 Å². The molecule has 0 saturated carbocycles. The highest BCUT2D eigenvalue weighted by Gasteiger charge is 2.22. The molecular formula is C12H21N5. The van der Waals surface area contributed by atoms with E-state index in [1.807, 2.05) is 6.92 Å². The molecule has 1 aromatic heterocycles.